The van der Waals surface area contributed by atoms with Crippen LogP contribution in [0, 0.1) is 12.7 Å². The first kappa shape index (κ1) is 14.0. The van der Waals surface area contributed by atoms with Gasteiger partial charge in [0.1, 0.15) is 5.82 Å². The summed E-state index contributed by atoms with van der Waals surface area (Å²) in [4.78, 5) is 10.9. The fraction of sp³-hybridized carbons (Fsp3) is 0.286. The Hall–Kier alpha value is -2.37. The summed E-state index contributed by atoms with van der Waals surface area (Å²) < 4.78 is 15.4. The van der Waals surface area contributed by atoms with Crippen LogP contribution in [0.25, 0.3) is 0 Å². The molecule has 2 aromatic rings. The molecule has 1 atom stereocenters. The van der Waals surface area contributed by atoms with Gasteiger partial charge in [-0.05, 0) is 32.0 Å². The molecular formula is C14H16FN3O2. The number of aromatic nitrogens is 2. The summed E-state index contributed by atoms with van der Waals surface area (Å²) >= 11 is 0. The van der Waals surface area contributed by atoms with Crippen LogP contribution in [-0.4, -0.2) is 20.9 Å². The molecule has 0 saturated carbocycles. The van der Waals surface area contributed by atoms with Crippen molar-refractivity contribution in [1.82, 2.24) is 9.78 Å². The Balaban J connectivity index is 2.27. The summed E-state index contributed by atoms with van der Waals surface area (Å²) in [5, 5.41) is 16.2. The highest BCUT2D eigenvalue weighted by Gasteiger charge is 2.15. The number of rotatable bonds is 4. The minimum Gasteiger partial charge on any atom is -0.478 e. The summed E-state index contributed by atoms with van der Waals surface area (Å²) in [5.41, 5.74) is 2.00. The Kier molecular flexibility index (Phi) is 3.74. The minimum absolute atomic E-state index is 0.0454. The van der Waals surface area contributed by atoms with Crippen molar-refractivity contribution in [2.45, 2.75) is 19.9 Å². The molecule has 0 amide bonds. The van der Waals surface area contributed by atoms with Crippen LogP contribution in [0.4, 0.5) is 10.1 Å². The third kappa shape index (κ3) is 2.79. The Labute approximate surface area is 116 Å². The van der Waals surface area contributed by atoms with Crippen LogP contribution < -0.4 is 5.32 Å². The third-order valence-corrected chi connectivity index (χ3v) is 3.10. The van der Waals surface area contributed by atoms with E-state index in [1.54, 1.807) is 4.68 Å². The molecule has 2 rings (SSSR count). The molecule has 1 unspecified atom stereocenters. The topological polar surface area (TPSA) is 67.2 Å². The lowest BCUT2D eigenvalue weighted by atomic mass is 10.1. The van der Waals surface area contributed by atoms with Gasteiger partial charge in [-0.25, -0.2) is 9.18 Å². The van der Waals surface area contributed by atoms with Gasteiger partial charge < -0.3 is 10.4 Å². The molecule has 20 heavy (non-hydrogen) atoms. The average molecular weight is 277 g/mol. The van der Waals surface area contributed by atoms with E-state index in [2.05, 4.69) is 10.4 Å². The van der Waals surface area contributed by atoms with Gasteiger partial charge in [0.05, 0.1) is 23.0 Å². The standard InChI is InChI=1S/C14H16FN3O2/c1-8(11-7-18(3)17-9(11)2)16-13-6-10(14(19)20)4-5-12(13)15/h4-8,16H,1-3H3,(H,19,20). The SMILES string of the molecule is Cc1nn(C)cc1C(C)Nc1cc(C(=O)O)ccc1F. The second kappa shape index (κ2) is 5.32. The maximum absolute atomic E-state index is 13.7. The van der Waals surface area contributed by atoms with Crippen molar-refractivity contribution in [2.24, 2.45) is 7.05 Å². The number of carbonyl (C=O) groups is 1. The van der Waals surface area contributed by atoms with Crippen LogP contribution in [0.2, 0.25) is 0 Å². The van der Waals surface area contributed by atoms with Crippen LogP contribution >= 0.6 is 0 Å². The summed E-state index contributed by atoms with van der Waals surface area (Å²) in [6, 6.07) is 3.50. The number of anilines is 1. The Morgan fingerprint density at radius 2 is 2.20 bits per heavy atom. The van der Waals surface area contributed by atoms with Crippen molar-refractivity contribution < 1.29 is 14.3 Å². The lowest BCUT2D eigenvalue weighted by molar-refractivity contribution is 0.0697. The van der Waals surface area contributed by atoms with Crippen molar-refractivity contribution in [3.63, 3.8) is 0 Å². The molecule has 0 spiro atoms. The van der Waals surface area contributed by atoms with Gasteiger partial charge in [-0.3, -0.25) is 4.68 Å². The number of aromatic carboxylic acids is 1. The van der Waals surface area contributed by atoms with Gasteiger partial charge in [0.25, 0.3) is 0 Å². The van der Waals surface area contributed by atoms with Gasteiger partial charge in [-0.15, -0.1) is 0 Å². The van der Waals surface area contributed by atoms with Gasteiger partial charge in [0, 0.05) is 18.8 Å². The predicted molar refractivity (Wildman–Crippen MR) is 73.3 cm³/mol. The molecule has 0 aliphatic heterocycles. The van der Waals surface area contributed by atoms with Crippen LogP contribution in [0.5, 0.6) is 0 Å². The molecule has 1 heterocycles. The molecule has 0 bridgehead atoms. The zero-order chi connectivity index (χ0) is 14.9. The first-order valence-corrected chi connectivity index (χ1v) is 6.18. The summed E-state index contributed by atoms with van der Waals surface area (Å²) in [6.45, 7) is 3.74. The van der Waals surface area contributed by atoms with Crippen molar-refractivity contribution in [1.29, 1.82) is 0 Å². The number of aryl methyl sites for hydroxylation is 2. The Morgan fingerprint density at radius 3 is 2.75 bits per heavy atom. The van der Waals surface area contributed by atoms with E-state index in [1.807, 2.05) is 27.1 Å². The van der Waals surface area contributed by atoms with Crippen molar-refractivity contribution in [2.75, 3.05) is 5.32 Å². The smallest absolute Gasteiger partial charge is 0.335 e. The summed E-state index contributed by atoms with van der Waals surface area (Å²) in [7, 11) is 1.81. The summed E-state index contributed by atoms with van der Waals surface area (Å²) in [6.07, 6.45) is 1.85. The number of carboxylic acid groups (broad SMARTS) is 1. The third-order valence-electron chi connectivity index (χ3n) is 3.10. The first-order chi connectivity index (χ1) is 9.38. The van der Waals surface area contributed by atoms with E-state index < -0.39 is 11.8 Å². The highest BCUT2D eigenvalue weighted by Crippen LogP contribution is 2.24. The van der Waals surface area contributed by atoms with Gasteiger partial charge in [-0.1, -0.05) is 0 Å². The molecule has 0 aliphatic rings. The molecule has 0 fully saturated rings. The van der Waals surface area contributed by atoms with Crippen molar-refractivity contribution in [3.05, 3.63) is 47.0 Å². The molecule has 1 aromatic carbocycles. The zero-order valence-corrected chi connectivity index (χ0v) is 11.5. The Morgan fingerprint density at radius 1 is 1.50 bits per heavy atom. The van der Waals surface area contributed by atoms with Gasteiger partial charge in [-0.2, -0.15) is 5.10 Å². The molecular weight excluding hydrogens is 261 g/mol. The molecule has 1 aromatic heterocycles. The van der Waals surface area contributed by atoms with Gasteiger partial charge in [0.15, 0.2) is 0 Å². The maximum Gasteiger partial charge on any atom is 0.335 e. The van der Waals surface area contributed by atoms with E-state index in [-0.39, 0.29) is 17.3 Å². The van der Waals surface area contributed by atoms with E-state index in [0.717, 1.165) is 17.3 Å². The highest BCUT2D eigenvalue weighted by atomic mass is 19.1. The van der Waals surface area contributed by atoms with Crippen LogP contribution in [-0.2, 0) is 7.05 Å². The fourth-order valence-electron chi connectivity index (χ4n) is 2.12. The fourth-order valence-corrected chi connectivity index (χ4v) is 2.12. The molecule has 0 radical (unpaired) electrons. The highest BCUT2D eigenvalue weighted by molar-refractivity contribution is 5.88. The monoisotopic (exact) mass is 277 g/mol. The zero-order valence-electron chi connectivity index (χ0n) is 11.5. The molecule has 106 valence electrons. The second-order valence-electron chi connectivity index (χ2n) is 4.71. The lowest BCUT2D eigenvalue weighted by Crippen LogP contribution is -2.09. The van der Waals surface area contributed by atoms with Gasteiger partial charge in [0.2, 0.25) is 0 Å². The largest absolute Gasteiger partial charge is 0.478 e. The summed E-state index contributed by atoms with van der Waals surface area (Å²) in [5.74, 6) is -1.57. The number of benzene rings is 1. The first-order valence-electron chi connectivity index (χ1n) is 6.18. The van der Waals surface area contributed by atoms with Crippen LogP contribution in [0.1, 0.15) is 34.6 Å². The van der Waals surface area contributed by atoms with E-state index in [9.17, 15) is 9.18 Å². The average Bonchev–Trinajstić information content (AvgIpc) is 2.71. The van der Waals surface area contributed by atoms with E-state index >= 15 is 0 Å². The number of carboxylic acids is 1. The molecule has 0 aliphatic carbocycles. The van der Waals surface area contributed by atoms with Crippen LogP contribution in [0.15, 0.2) is 24.4 Å². The molecule has 2 N–H and O–H groups in total. The minimum atomic E-state index is -1.08. The van der Waals surface area contributed by atoms with Crippen LogP contribution in [0.3, 0.4) is 0 Å². The number of nitrogens with zero attached hydrogens (tertiary/aromatic N) is 2. The van der Waals surface area contributed by atoms with E-state index in [4.69, 9.17) is 5.11 Å². The second-order valence-corrected chi connectivity index (χ2v) is 4.71. The van der Waals surface area contributed by atoms with Crippen molar-refractivity contribution in [3.8, 4) is 0 Å². The van der Waals surface area contributed by atoms with E-state index in [0.29, 0.717) is 0 Å². The number of hydrogen-bond donors (Lipinski definition) is 2. The van der Waals surface area contributed by atoms with Crippen molar-refractivity contribution >= 4 is 11.7 Å². The predicted octanol–water partition coefficient (Wildman–Crippen LogP) is 2.74. The normalized spacial score (nSPS) is 12.2. The molecule has 5 nitrogen and oxygen atoms in total. The number of hydrogen-bond acceptors (Lipinski definition) is 3. The number of nitrogens with one attached hydrogen (secondary N) is 1. The quantitative estimate of drug-likeness (QED) is 0.901. The van der Waals surface area contributed by atoms with Gasteiger partial charge >= 0.3 is 5.97 Å². The molecule has 0 saturated heterocycles. The number of halogens is 1. The lowest BCUT2D eigenvalue weighted by Gasteiger charge is -2.15. The molecule has 6 heteroatoms. The Bertz CT molecular complexity index is 652. The van der Waals surface area contributed by atoms with E-state index in [1.165, 1.54) is 12.1 Å². The maximum atomic E-state index is 13.7.